The van der Waals surface area contributed by atoms with Crippen LogP contribution in [0, 0.1) is 0 Å². The molecule has 0 N–H and O–H groups in total. The van der Waals surface area contributed by atoms with E-state index in [0.29, 0.717) is 0 Å². The Morgan fingerprint density at radius 3 is 0.800 bits per heavy atom. The van der Waals surface area contributed by atoms with E-state index in [1.165, 1.54) is 10.6 Å². The summed E-state index contributed by atoms with van der Waals surface area (Å²) in [7, 11) is 0. The maximum Gasteiger partial charge on any atom is 0.117 e. The molecule has 0 aromatic carbocycles. The summed E-state index contributed by atoms with van der Waals surface area (Å²) in [5.74, 6) is 0. The van der Waals surface area contributed by atoms with Crippen LogP contribution in [0.3, 0.4) is 0 Å². The van der Waals surface area contributed by atoms with Gasteiger partial charge in [0.25, 0.3) is 0 Å². The summed E-state index contributed by atoms with van der Waals surface area (Å²) in [6.45, 7) is 4.18. The molecule has 0 fully saturated rings. The van der Waals surface area contributed by atoms with Crippen LogP contribution < -0.4 is 0 Å². The minimum Gasteiger partial charge on any atom is -0.269 e. The Kier molecular flexibility index (Phi) is 251. The first-order valence-electron chi connectivity index (χ1n) is 2.23. The molecule has 0 aliphatic heterocycles. The third-order valence-electron chi connectivity index (χ3n) is 0. The molecule has 6 heteroatoms. The van der Waals surface area contributed by atoms with E-state index in [9.17, 15) is 0 Å². The maximum absolute atomic E-state index is 2.58. The van der Waals surface area contributed by atoms with Crippen molar-refractivity contribution in [3.8, 4) is 0 Å². The van der Waals surface area contributed by atoms with Gasteiger partial charge in [0, 0.05) is 0 Å². The fourth-order valence-electron chi connectivity index (χ4n) is 0. The number of halogens is 4. The van der Waals surface area contributed by atoms with Crippen molar-refractivity contribution in [3.63, 3.8) is 0 Å². The van der Waals surface area contributed by atoms with Gasteiger partial charge in [0.1, 0.15) is 32.6 Å². The Hall–Kier alpha value is 2.38. The molecule has 0 amide bonds. The summed E-state index contributed by atoms with van der Waals surface area (Å²) >= 11 is 5.16. The first kappa shape index (κ1) is 39.4. The first-order valence-corrected chi connectivity index (χ1v) is 3.86. The fraction of sp³-hybridized carbons (Fsp3) is 1.00. The van der Waals surface area contributed by atoms with Gasteiger partial charge in [-0.05, 0) is 0 Å². The minimum absolute atomic E-state index is 0. The van der Waals surface area contributed by atoms with Crippen LogP contribution in [0.4, 0.5) is 9.41 Å². The molecule has 4 radical (unpaired) electrons. The fourth-order valence-corrected chi connectivity index (χ4v) is 0. The molecule has 0 nitrogen and oxygen atoms in total. The molecule has 0 saturated carbocycles. The highest BCUT2D eigenvalue weighted by molar-refractivity contribution is 14.0. The lowest BCUT2D eigenvalue weighted by molar-refractivity contribution is 1.11. The van der Waals surface area contributed by atoms with Gasteiger partial charge in [-0.2, -0.15) is 0 Å². The predicted molar refractivity (Wildman–Crippen MR) is 68.3 cm³/mol. The van der Waals surface area contributed by atoms with Crippen molar-refractivity contribution < 1.29 is 9.41 Å². The molecule has 64 valence electrons. The van der Waals surface area contributed by atoms with Crippen molar-refractivity contribution >= 4 is 80.5 Å². The smallest absolute Gasteiger partial charge is 0.117 e. The summed E-state index contributed by atoms with van der Waals surface area (Å²) in [6.07, 6.45) is 0. The molecule has 0 rings (SSSR count). The lowest BCUT2D eigenvalue weighted by Crippen LogP contribution is -1.41. The van der Waals surface area contributed by atoms with Crippen LogP contribution in [-0.4, -0.2) is 32.6 Å². The van der Waals surface area contributed by atoms with E-state index in [0.717, 1.165) is 0 Å². The maximum atomic E-state index is 2.58. The zero-order valence-corrected chi connectivity index (χ0v) is 13.2. The molecule has 0 spiro atoms. The lowest BCUT2D eigenvalue weighted by Gasteiger charge is -1.47. The third kappa shape index (κ3) is 161. The highest BCUT2D eigenvalue weighted by Crippen LogP contribution is 1.49. The summed E-state index contributed by atoms with van der Waals surface area (Å²) < 4.78 is 0. The molecule has 0 heterocycles. The van der Waals surface area contributed by atoms with Gasteiger partial charge in [-0.1, -0.05) is 13.8 Å². The van der Waals surface area contributed by atoms with Gasteiger partial charge in [0.15, 0.2) is 0 Å². The van der Waals surface area contributed by atoms with Gasteiger partial charge in [0.2, 0.25) is 0 Å². The van der Waals surface area contributed by atoms with Gasteiger partial charge in [-0.3, -0.25) is 9.41 Å². The average Bonchev–Trinajstić information content (AvgIpc) is 1.39. The van der Waals surface area contributed by atoms with E-state index in [2.05, 4.69) is 46.4 Å². The van der Waals surface area contributed by atoms with Gasteiger partial charge in [-0.25, -0.2) is 0 Å². The molecule has 0 aromatic heterocycles. The van der Waals surface area contributed by atoms with Crippen LogP contribution in [0.15, 0.2) is 0 Å². The quantitative estimate of drug-likeness (QED) is 0.428. The van der Waals surface area contributed by atoms with Gasteiger partial charge < -0.3 is 0 Å². The van der Waals surface area contributed by atoms with Crippen molar-refractivity contribution in [2.24, 2.45) is 0 Å². The summed E-state index contributed by atoms with van der Waals surface area (Å²) in [5, 5.41) is 2.33. The average molecular weight is 408 g/mol. The molecule has 0 aliphatic carbocycles. The number of rotatable bonds is 0. The van der Waals surface area contributed by atoms with Crippen LogP contribution in [-0.2, 0) is 0 Å². The van der Waals surface area contributed by atoms with Crippen LogP contribution in [0.1, 0.15) is 13.8 Å². The van der Waals surface area contributed by atoms with E-state index >= 15 is 0 Å². The molecule has 0 aromatic rings. The molecule has 0 atom stereocenters. The second-order valence-electron chi connectivity index (χ2n) is 0.816. The van der Waals surface area contributed by atoms with E-state index < -0.39 is 0 Å². The highest BCUT2D eigenvalue weighted by atomic mass is 127. The van der Waals surface area contributed by atoms with Gasteiger partial charge in [0.05, 0.1) is 0 Å². The van der Waals surface area contributed by atoms with E-state index in [1.807, 2.05) is 0 Å². The van der Waals surface area contributed by atoms with E-state index in [1.54, 1.807) is 0 Å². The van der Waals surface area contributed by atoms with Gasteiger partial charge >= 0.3 is 0 Å². The minimum atomic E-state index is 0. The number of hydrogen-bond acceptors (Lipinski definition) is 0. The van der Waals surface area contributed by atoms with Crippen LogP contribution in [0.2, 0.25) is 10.6 Å². The Labute approximate surface area is 113 Å². The molecule has 0 aliphatic rings. The Morgan fingerprint density at radius 1 is 0.800 bits per heavy atom. The lowest BCUT2D eigenvalue weighted by atomic mass is 11.0. The van der Waals surface area contributed by atoms with Crippen molar-refractivity contribution in [2.75, 3.05) is 0 Å². The first-order chi connectivity index (χ1) is 2.83. The van der Waals surface area contributed by atoms with Gasteiger partial charge in [-0.15, -0.1) is 58.5 Å². The second-order valence-corrected chi connectivity index (χ2v) is 2.45. The summed E-state index contributed by atoms with van der Waals surface area (Å²) in [4.78, 5) is 0. The topological polar surface area (TPSA) is 0 Å². The summed E-state index contributed by atoms with van der Waals surface area (Å²) in [5.41, 5.74) is 0. The molecule has 0 unspecified atom stereocenters. The zero-order valence-electron chi connectivity index (χ0n) is 6.20. The molecular formula is C4H14Al2F2I2. The number of hydrogen-bond donors (Lipinski definition) is 0. The van der Waals surface area contributed by atoms with E-state index in [-0.39, 0.29) is 57.4 Å². The Bertz CT molecular complexity index is 21.2. The van der Waals surface area contributed by atoms with Crippen LogP contribution in [0.25, 0.3) is 0 Å². The second kappa shape index (κ2) is 63.9. The monoisotopic (exact) mass is 408 g/mol. The SMILES string of the molecule is C[CH2][Al].C[CH2][Al].F.F.I.I. The zero-order chi connectivity index (χ0) is 5.41. The Morgan fingerprint density at radius 2 is 0.800 bits per heavy atom. The van der Waals surface area contributed by atoms with Crippen molar-refractivity contribution in [3.05, 3.63) is 0 Å². The van der Waals surface area contributed by atoms with Crippen LogP contribution in [0.5, 0.6) is 0 Å². The normalized spacial score (nSPS) is 3.40. The van der Waals surface area contributed by atoms with E-state index in [4.69, 9.17) is 0 Å². The van der Waals surface area contributed by atoms with Crippen molar-refractivity contribution in [1.29, 1.82) is 0 Å². The highest BCUT2D eigenvalue weighted by Gasteiger charge is 1.37. The molecule has 0 bridgehead atoms. The predicted octanol–water partition coefficient (Wildman–Crippen LogP) is 2.73. The molecule has 10 heavy (non-hydrogen) atoms. The largest absolute Gasteiger partial charge is 0.269 e. The third-order valence-corrected chi connectivity index (χ3v) is 0. The standard InChI is InChI=1S/2C2H5.2Al.2FH.2HI/c2*1-2;;;;;;/h2*1H2,2H3;;;4*1H. The van der Waals surface area contributed by atoms with Crippen molar-refractivity contribution in [1.82, 2.24) is 0 Å². The molecular weight excluding hydrogens is 394 g/mol. The van der Waals surface area contributed by atoms with Crippen molar-refractivity contribution in [2.45, 2.75) is 24.4 Å². The van der Waals surface area contributed by atoms with Crippen LogP contribution >= 0.6 is 48.0 Å². The molecule has 0 saturated heterocycles. The summed E-state index contributed by atoms with van der Waals surface area (Å²) in [6, 6.07) is 0. The Balaban J connectivity index is -0.00000000571.